The average molecular weight is 385 g/mol. The van der Waals surface area contributed by atoms with Crippen LogP contribution in [0.3, 0.4) is 0 Å². The lowest BCUT2D eigenvalue weighted by Crippen LogP contribution is -2.44. The summed E-state index contributed by atoms with van der Waals surface area (Å²) >= 11 is 0. The third-order valence-corrected chi connectivity index (χ3v) is 4.60. The number of ether oxygens (including phenoxy) is 1. The Balaban J connectivity index is 2.32. The molecule has 2 rings (SSSR count). The molecule has 0 spiro atoms. The van der Waals surface area contributed by atoms with Crippen molar-refractivity contribution in [3.8, 4) is 0 Å². The van der Waals surface area contributed by atoms with E-state index in [0.717, 1.165) is 4.57 Å². The molecule has 10 heteroatoms. The van der Waals surface area contributed by atoms with Crippen LogP contribution in [-0.4, -0.2) is 73.5 Å². The van der Waals surface area contributed by atoms with Gasteiger partial charge in [-0.25, -0.2) is 9.59 Å². The summed E-state index contributed by atoms with van der Waals surface area (Å²) < 4.78 is 6.35. The summed E-state index contributed by atoms with van der Waals surface area (Å²) in [7, 11) is 0. The molecule has 10 nitrogen and oxygen atoms in total. The normalized spacial score (nSPS) is 26.3. The number of likely N-dealkylation sites (N-methyl/N-ethyl adjacent to an activating group) is 1. The van der Waals surface area contributed by atoms with Gasteiger partial charge in [0.1, 0.15) is 30.2 Å². The van der Waals surface area contributed by atoms with Crippen LogP contribution in [-0.2, 0) is 9.53 Å². The van der Waals surface area contributed by atoms with Crippen LogP contribution in [0.1, 0.15) is 33.4 Å². The zero-order chi connectivity index (χ0) is 20.3. The van der Waals surface area contributed by atoms with Crippen LogP contribution in [0.4, 0.5) is 5.82 Å². The highest BCUT2D eigenvalue weighted by Gasteiger charge is 2.43. The summed E-state index contributed by atoms with van der Waals surface area (Å²) in [6.45, 7) is 5.44. The Kier molecular flexibility index (Phi) is 6.93. The minimum Gasteiger partial charge on any atom is -0.480 e. The number of aliphatic hydroxyl groups is 3. The molecule has 4 N–H and O–H groups in total. The number of aliphatic hydroxyl groups excluding tert-OH is 3. The van der Waals surface area contributed by atoms with Gasteiger partial charge in [0.25, 0.3) is 0 Å². The van der Waals surface area contributed by atoms with E-state index in [-0.39, 0.29) is 11.7 Å². The second-order valence-electron chi connectivity index (χ2n) is 6.97. The Morgan fingerprint density at radius 2 is 2.04 bits per heavy atom. The molecule has 1 fully saturated rings. The first kappa shape index (κ1) is 21.3. The molecule has 1 aromatic rings. The fourth-order valence-electron chi connectivity index (χ4n) is 3.22. The molecule has 0 saturated carbocycles. The van der Waals surface area contributed by atoms with E-state index in [1.165, 1.54) is 17.2 Å². The smallest absolute Gasteiger partial charge is 0.351 e. The molecule has 0 radical (unpaired) electrons. The quantitative estimate of drug-likeness (QED) is 0.451. The van der Waals surface area contributed by atoms with Gasteiger partial charge in [-0.15, -0.1) is 0 Å². The lowest BCUT2D eigenvalue weighted by atomic mass is 10.0. The van der Waals surface area contributed by atoms with Crippen LogP contribution < -0.4 is 10.6 Å². The molecule has 1 aromatic heterocycles. The van der Waals surface area contributed by atoms with E-state index < -0.39 is 48.8 Å². The van der Waals surface area contributed by atoms with E-state index >= 15 is 0 Å². The van der Waals surface area contributed by atoms with Crippen molar-refractivity contribution in [1.82, 2.24) is 9.55 Å². The number of hydrogen-bond acceptors (Lipinski definition) is 8. The molecule has 152 valence electrons. The van der Waals surface area contributed by atoms with Gasteiger partial charge in [-0.05, 0) is 25.3 Å². The van der Waals surface area contributed by atoms with E-state index in [1.54, 1.807) is 6.92 Å². The summed E-state index contributed by atoms with van der Waals surface area (Å²) in [5, 5.41) is 38.6. The number of carbonyl (C=O) groups is 1. The Bertz CT molecular complexity index is 708. The minimum atomic E-state index is -1.40. The third kappa shape index (κ3) is 4.46. The van der Waals surface area contributed by atoms with E-state index in [9.17, 15) is 24.9 Å². The Labute approximate surface area is 156 Å². The number of aromatic nitrogens is 2. The molecule has 1 aliphatic heterocycles. The summed E-state index contributed by atoms with van der Waals surface area (Å²) in [6, 6.07) is 0.641. The number of carboxylic acid groups (broad SMARTS) is 1. The van der Waals surface area contributed by atoms with Crippen LogP contribution in [0.15, 0.2) is 17.1 Å². The lowest BCUT2D eigenvalue weighted by Gasteiger charge is -2.30. The van der Waals surface area contributed by atoms with Crippen molar-refractivity contribution in [2.75, 3.05) is 18.1 Å². The molecule has 0 aliphatic carbocycles. The standard InChI is InChI=1S/C17H27N3O7/c1-4-19(10(16(24)25)7-9(2)3)12-5-6-20(17(26)18-12)15-14(23)13(22)11(8-21)27-15/h5-6,9-11,13-15,21-23H,4,7-8H2,1-3H3,(H,24,25)/t10?,11-,13-,14-,15-/m1/s1. The van der Waals surface area contributed by atoms with Gasteiger partial charge in [-0.1, -0.05) is 13.8 Å². The van der Waals surface area contributed by atoms with Gasteiger partial charge >= 0.3 is 11.7 Å². The summed E-state index contributed by atoms with van der Waals surface area (Å²) in [6.07, 6.45) is -3.20. The molecule has 1 aliphatic rings. The predicted octanol–water partition coefficient (Wildman–Crippen LogP) is -0.820. The second kappa shape index (κ2) is 8.79. The fraction of sp³-hybridized carbons (Fsp3) is 0.706. The van der Waals surface area contributed by atoms with Gasteiger partial charge in [0.15, 0.2) is 6.23 Å². The number of carboxylic acids is 1. The maximum absolute atomic E-state index is 12.5. The number of rotatable bonds is 8. The van der Waals surface area contributed by atoms with Crippen LogP contribution in [0.2, 0.25) is 0 Å². The Hall–Kier alpha value is -2.01. The molecular weight excluding hydrogens is 358 g/mol. The zero-order valence-corrected chi connectivity index (χ0v) is 15.6. The molecular formula is C17H27N3O7. The van der Waals surface area contributed by atoms with Crippen molar-refractivity contribution in [2.45, 2.75) is 57.8 Å². The number of hydrogen-bond donors (Lipinski definition) is 4. The van der Waals surface area contributed by atoms with E-state index in [1.807, 2.05) is 13.8 Å². The van der Waals surface area contributed by atoms with E-state index in [2.05, 4.69) is 4.98 Å². The highest BCUT2D eigenvalue weighted by molar-refractivity contribution is 5.77. The number of aliphatic carboxylic acids is 1. The average Bonchev–Trinajstić information content (AvgIpc) is 2.89. The van der Waals surface area contributed by atoms with E-state index in [4.69, 9.17) is 9.84 Å². The van der Waals surface area contributed by atoms with Crippen molar-refractivity contribution in [3.05, 3.63) is 22.7 Å². The van der Waals surface area contributed by atoms with Crippen LogP contribution in [0, 0.1) is 5.92 Å². The first-order valence-electron chi connectivity index (χ1n) is 8.92. The van der Waals surface area contributed by atoms with Gasteiger partial charge in [0, 0.05) is 12.7 Å². The molecule has 1 saturated heterocycles. The maximum atomic E-state index is 12.5. The van der Waals surface area contributed by atoms with Gasteiger partial charge < -0.3 is 30.1 Å². The van der Waals surface area contributed by atoms with Gasteiger partial charge in [0.2, 0.25) is 0 Å². The minimum absolute atomic E-state index is 0.138. The highest BCUT2D eigenvalue weighted by atomic mass is 16.6. The molecule has 1 unspecified atom stereocenters. The van der Waals surface area contributed by atoms with Crippen LogP contribution in [0.5, 0.6) is 0 Å². The third-order valence-electron chi connectivity index (χ3n) is 4.60. The first-order valence-corrected chi connectivity index (χ1v) is 8.92. The molecule has 2 heterocycles. The van der Waals surface area contributed by atoms with Gasteiger partial charge in [-0.2, -0.15) is 4.98 Å². The molecule has 0 amide bonds. The summed E-state index contributed by atoms with van der Waals surface area (Å²) in [5.41, 5.74) is -0.755. The Morgan fingerprint density at radius 1 is 1.37 bits per heavy atom. The lowest BCUT2D eigenvalue weighted by molar-refractivity contribution is -0.139. The van der Waals surface area contributed by atoms with Crippen molar-refractivity contribution >= 4 is 11.8 Å². The van der Waals surface area contributed by atoms with Gasteiger partial charge in [0.05, 0.1) is 6.61 Å². The SMILES string of the molecule is CCN(c1ccn([C@@H]2O[C@H](CO)[C@@H](O)[C@H]2O)c(=O)n1)C(CC(C)C)C(=O)O. The topological polar surface area (TPSA) is 145 Å². The summed E-state index contributed by atoms with van der Waals surface area (Å²) in [5.74, 6) is -0.655. The zero-order valence-electron chi connectivity index (χ0n) is 15.6. The van der Waals surface area contributed by atoms with Crippen LogP contribution >= 0.6 is 0 Å². The maximum Gasteiger partial charge on any atom is 0.351 e. The highest BCUT2D eigenvalue weighted by Crippen LogP contribution is 2.28. The first-order chi connectivity index (χ1) is 12.7. The molecule has 0 bridgehead atoms. The van der Waals surface area contributed by atoms with Crippen molar-refractivity contribution in [3.63, 3.8) is 0 Å². The van der Waals surface area contributed by atoms with Crippen molar-refractivity contribution in [2.24, 2.45) is 5.92 Å². The molecule has 5 atom stereocenters. The largest absolute Gasteiger partial charge is 0.480 e. The Morgan fingerprint density at radius 3 is 2.48 bits per heavy atom. The summed E-state index contributed by atoms with van der Waals surface area (Å²) in [4.78, 5) is 29.6. The number of nitrogens with zero attached hydrogens (tertiary/aromatic N) is 3. The van der Waals surface area contributed by atoms with E-state index in [0.29, 0.717) is 13.0 Å². The second-order valence-corrected chi connectivity index (χ2v) is 6.97. The fourth-order valence-corrected chi connectivity index (χ4v) is 3.22. The molecule has 27 heavy (non-hydrogen) atoms. The monoisotopic (exact) mass is 385 g/mol. The van der Waals surface area contributed by atoms with Crippen molar-refractivity contribution in [1.29, 1.82) is 0 Å². The van der Waals surface area contributed by atoms with Crippen LogP contribution in [0.25, 0.3) is 0 Å². The number of anilines is 1. The van der Waals surface area contributed by atoms with Crippen molar-refractivity contribution < 1.29 is 30.0 Å². The molecule has 0 aromatic carbocycles. The predicted molar refractivity (Wildman–Crippen MR) is 95.4 cm³/mol. The van der Waals surface area contributed by atoms with Gasteiger partial charge in [-0.3, -0.25) is 4.57 Å².